The number of fused-ring (bicyclic) bond motifs is 1. The number of likely N-dealkylation sites (tertiary alicyclic amines) is 1. The lowest BCUT2D eigenvalue weighted by atomic mass is 9.57. The maximum absolute atomic E-state index is 13.1. The van der Waals surface area contributed by atoms with Crippen LogP contribution in [-0.2, 0) is 4.79 Å². The molecule has 0 unspecified atom stereocenters. The molecular weight excluding hydrogens is 406 g/mol. The van der Waals surface area contributed by atoms with Crippen molar-refractivity contribution in [3.05, 3.63) is 53.9 Å². The van der Waals surface area contributed by atoms with Gasteiger partial charge in [0.2, 0.25) is 5.91 Å². The summed E-state index contributed by atoms with van der Waals surface area (Å²) in [5, 5.41) is 20.1. The van der Waals surface area contributed by atoms with Gasteiger partial charge < -0.3 is 20.6 Å². The number of hydrogen-bond donors (Lipinski definition) is 3. The first-order valence-electron chi connectivity index (χ1n) is 10.9. The van der Waals surface area contributed by atoms with Gasteiger partial charge in [0.15, 0.2) is 0 Å². The zero-order chi connectivity index (χ0) is 22.5. The van der Waals surface area contributed by atoms with E-state index in [0.717, 1.165) is 48.4 Å². The standard InChI is InChI=1S/C24H27N5O3/c1-15-5-18(8-19(30)6-15)27-17-3-4-29-21(9-17)20(12-26-29)23(32)28-13-24(14-28)10-16(11-24)7-22(31)25-2/h3-6,8-9,12,16,27,30H,7,10-11,13-14H2,1-2H3,(H,25,31). The summed E-state index contributed by atoms with van der Waals surface area (Å²) in [5.41, 5.74) is 4.06. The number of nitrogens with one attached hydrogen (secondary N) is 2. The van der Waals surface area contributed by atoms with Gasteiger partial charge in [-0.2, -0.15) is 5.10 Å². The molecule has 1 spiro atoms. The predicted octanol–water partition coefficient (Wildman–Crippen LogP) is 3.08. The third kappa shape index (κ3) is 3.66. The maximum atomic E-state index is 13.1. The number of nitrogens with zero attached hydrogens (tertiary/aromatic N) is 3. The number of hydrogen-bond acceptors (Lipinski definition) is 5. The second-order valence-electron chi connectivity index (χ2n) is 9.30. The SMILES string of the molecule is CNC(=O)CC1CC2(C1)CN(C(=O)c1cnn3ccc(Nc4cc(C)cc(O)c4)cc13)C2. The molecule has 1 aliphatic carbocycles. The van der Waals surface area contributed by atoms with Gasteiger partial charge in [0, 0.05) is 55.6 Å². The summed E-state index contributed by atoms with van der Waals surface area (Å²) >= 11 is 0. The largest absolute Gasteiger partial charge is 0.508 e. The molecule has 8 heteroatoms. The van der Waals surface area contributed by atoms with Gasteiger partial charge in [0.25, 0.3) is 5.91 Å². The minimum atomic E-state index is -0.00859. The zero-order valence-electron chi connectivity index (χ0n) is 18.3. The van der Waals surface area contributed by atoms with Gasteiger partial charge in [-0.25, -0.2) is 4.52 Å². The lowest BCUT2D eigenvalue weighted by Crippen LogP contribution is -2.63. The predicted molar refractivity (Wildman–Crippen MR) is 121 cm³/mol. The molecule has 3 N–H and O–H groups in total. The van der Waals surface area contributed by atoms with Gasteiger partial charge in [0.1, 0.15) is 5.75 Å². The van der Waals surface area contributed by atoms with Crippen LogP contribution in [0.15, 0.2) is 42.7 Å². The quantitative estimate of drug-likeness (QED) is 0.574. The molecule has 166 valence electrons. The van der Waals surface area contributed by atoms with Crippen molar-refractivity contribution >= 4 is 28.7 Å². The van der Waals surface area contributed by atoms with E-state index >= 15 is 0 Å². The summed E-state index contributed by atoms with van der Waals surface area (Å²) in [7, 11) is 1.67. The molecule has 0 atom stereocenters. The van der Waals surface area contributed by atoms with Gasteiger partial charge in [-0.05, 0) is 55.5 Å². The molecule has 1 saturated carbocycles. The molecule has 1 saturated heterocycles. The fourth-order valence-corrected chi connectivity index (χ4v) is 5.23. The van der Waals surface area contributed by atoms with Crippen molar-refractivity contribution < 1.29 is 14.7 Å². The number of aromatic nitrogens is 2. The van der Waals surface area contributed by atoms with E-state index in [1.54, 1.807) is 29.9 Å². The Hall–Kier alpha value is -3.55. The first-order chi connectivity index (χ1) is 15.3. The van der Waals surface area contributed by atoms with Crippen LogP contribution >= 0.6 is 0 Å². The highest BCUT2D eigenvalue weighted by Gasteiger charge is 2.53. The van der Waals surface area contributed by atoms with E-state index in [2.05, 4.69) is 15.7 Å². The van der Waals surface area contributed by atoms with Crippen molar-refractivity contribution in [1.29, 1.82) is 0 Å². The Morgan fingerprint density at radius 3 is 2.69 bits per heavy atom. The van der Waals surface area contributed by atoms with E-state index in [4.69, 9.17) is 0 Å². The van der Waals surface area contributed by atoms with Gasteiger partial charge in [-0.1, -0.05) is 0 Å². The van der Waals surface area contributed by atoms with Crippen LogP contribution in [0, 0.1) is 18.3 Å². The van der Waals surface area contributed by atoms with Crippen LogP contribution in [0.5, 0.6) is 5.75 Å². The Bertz CT molecular complexity index is 1180. The van der Waals surface area contributed by atoms with E-state index in [-0.39, 0.29) is 23.0 Å². The molecule has 8 nitrogen and oxygen atoms in total. The molecule has 1 aromatic carbocycles. The number of pyridine rings is 1. The van der Waals surface area contributed by atoms with Crippen molar-refractivity contribution in [1.82, 2.24) is 19.8 Å². The molecule has 3 aromatic rings. The average molecular weight is 434 g/mol. The van der Waals surface area contributed by atoms with E-state index < -0.39 is 0 Å². The molecule has 0 radical (unpaired) electrons. The molecule has 2 fully saturated rings. The first-order valence-corrected chi connectivity index (χ1v) is 10.9. The second-order valence-corrected chi connectivity index (χ2v) is 9.30. The lowest BCUT2D eigenvalue weighted by Gasteiger charge is -2.59. The normalized spacial score (nSPS) is 17.1. The minimum Gasteiger partial charge on any atom is -0.508 e. The lowest BCUT2D eigenvalue weighted by molar-refractivity contribution is -0.127. The molecular formula is C24H27N5O3. The van der Waals surface area contributed by atoms with Crippen LogP contribution in [0.3, 0.4) is 0 Å². The number of aromatic hydroxyl groups is 1. The highest BCUT2D eigenvalue weighted by Crippen LogP contribution is 2.53. The Balaban J connectivity index is 1.27. The smallest absolute Gasteiger partial charge is 0.257 e. The number of phenols is 1. The molecule has 2 aromatic heterocycles. The first kappa shape index (κ1) is 20.4. The molecule has 5 rings (SSSR count). The average Bonchev–Trinajstić information content (AvgIpc) is 3.10. The Labute approximate surface area is 186 Å². The number of rotatable bonds is 5. The van der Waals surface area contributed by atoms with Crippen LogP contribution in [-0.4, -0.2) is 51.6 Å². The van der Waals surface area contributed by atoms with Crippen molar-refractivity contribution in [2.24, 2.45) is 11.3 Å². The summed E-state index contributed by atoms with van der Waals surface area (Å²) in [5.74, 6) is 0.715. The van der Waals surface area contributed by atoms with E-state index in [9.17, 15) is 14.7 Å². The Morgan fingerprint density at radius 1 is 1.19 bits per heavy atom. The van der Waals surface area contributed by atoms with Crippen LogP contribution in [0.25, 0.3) is 5.52 Å². The monoisotopic (exact) mass is 433 g/mol. The van der Waals surface area contributed by atoms with E-state index in [0.29, 0.717) is 17.9 Å². The van der Waals surface area contributed by atoms with E-state index in [1.807, 2.05) is 36.2 Å². The van der Waals surface area contributed by atoms with Gasteiger partial charge in [-0.3, -0.25) is 9.59 Å². The molecule has 3 heterocycles. The number of amides is 2. The number of benzene rings is 1. The molecule has 2 amide bonds. The highest BCUT2D eigenvalue weighted by molar-refractivity contribution is 6.01. The van der Waals surface area contributed by atoms with Crippen molar-refractivity contribution in [2.45, 2.75) is 26.2 Å². The van der Waals surface area contributed by atoms with Crippen LogP contribution in [0.2, 0.25) is 0 Å². The summed E-state index contributed by atoms with van der Waals surface area (Å²) in [6, 6.07) is 9.09. The van der Waals surface area contributed by atoms with Crippen molar-refractivity contribution in [3.8, 4) is 5.75 Å². The van der Waals surface area contributed by atoms with Crippen molar-refractivity contribution in [2.75, 3.05) is 25.5 Å². The summed E-state index contributed by atoms with van der Waals surface area (Å²) in [4.78, 5) is 26.6. The topological polar surface area (TPSA) is 99.0 Å². The zero-order valence-corrected chi connectivity index (χ0v) is 18.3. The second kappa shape index (κ2) is 7.55. The number of phenolic OH excluding ortho intramolecular Hbond substituents is 1. The molecule has 32 heavy (non-hydrogen) atoms. The summed E-state index contributed by atoms with van der Waals surface area (Å²) in [6.07, 6.45) is 6.04. The van der Waals surface area contributed by atoms with E-state index in [1.165, 1.54) is 0 Å². The number of anilines is 2. The highest BCUT2D eigenvalue weighted by atomic mass is 16.3. The fourth-order valence-electron chi connectivity index (χ4n) is 5.23. The van der Waals surface area contributed by atoms with Crippen LogP contribution in [0.4, 0.5) is 11.4 Å². The van der Waals surface area contributed by atoms with Gasteiger partial charge >= 0.3 is 0 Å². The summed E-state index contributed by atoms with van der Waals surface area (Å²) in [6.45, 7) is 3.41. The van der Waals surface area contributed by atoms with Crippen molar-refractivity contribution in [3.63, 3.8) is 0 Å². The molecule has 2 aliphatic rings. The fraction of sp³-hybridized carbons (Fsp3) is 0.375. The Morgan fingerprint density at radius 2 is 1.97 bits per heavy atom. The summed E-state index contributed by atoms with van der Waals surface area (Å²) < 4.78 is 1.70. The third-order valence-corrected chi connectivity index (χ3v) is 6.64. The third-order valence-electron chi connectivity index (χ3n) is 6.64. The molecule has 0 bridgehead atoms. The maximum Gasteiger partial charge on any atom is 0.257 e. The van der Waals surface area contributed by atoms with Crippen LogP contribution in [0.1, 0.15) is 35.2 Å². The Kier molecular flexibility index (Phi) is 4.80. The molecule has 1 aliphatic heterocycles. The van der Waals surface area contributed by atoms with Crippen LogP contribution < -0.4 is 10.6 Å². The minimum absolute atomic E-state index is 0.00859. The van der Waals surface area contributed by atoms with Gasteiger partial charge in [-0.15, -0.1) is 0 Å². The number of carbonyl (C=O) groups is 2. The van der Waals surface area contributed by atoms with Gasteiger partial charge in [0.05, 0.1) is 17.3 Å². The number of aryl methyl sites for hydroxylation is 1. The number of carbonyl (C=O) groups excluding carboxylic acids is 2.